The van der Waals surface area contributed by atoms with Gasteiger partial charge in [0, 0.05) is 11.8 Å². The van der Waals surface area contributed by atoms with E-state index in [1.807, 2.05) is 11.8 Å². The van der Waals surface area contributed by atoms with Crippen molar-refractivity contribution in [3.63, 3.8) is 0 Å². The molecule has 0 aromatic carbocycles. The lowest BCUT2D eigenvalue weighted by molar-refractivity contribution is 0.0588. The minimum atomic E-state index is 0.393. The number of nitrogens with zero attached hydrogens (tertiary/aromatic N) is 1. The third-order valence-electron chi connectivity index (χ3n) is 2.61. The van der Waals surface area contributed by atoms with E-state index in [1.54, 1.807) is 0 Å². The summed E-state index contributed by atoms with van der Waals surface area (Å²) in [6.45, 7) is 6.22. The fraction of sp³-hybridized carbons (Fsp3) is 0.900. The number of ether oxygens (including phenoxy) is 1. The highest BCUT2D eigenvalue weighted by Crippen LogP contribution is 2.21. The van der Waals surface area contributed by atoms with Gasteiger partial charge in [-0.2, -0.15) is 0 Å². The fourth-order valence-corrected chi connectivity index (χ4v) is 2.66. The Hall–Kier alpha value is -0.220. The molecule has 2 aliphatic rings. The molecule has 3 unspecified atom stereocenters. The normalized spacial score (nSPS) is 37.3. The molecule has 1 N–H and O–H groups in total. The van der Waals surface area contributed by atoms with Crippen LogP contribution in [0.4, 0.5) is 0 Å². The molecule has 1 saturated heterocycles. The molecule has 14 heavy (non-hydrogen) atoms. The van der Waals surface area contributed by atoms with Gasteiger partial charge in [0.25, 0.3) is 0 Å². The molecule has 80 valence electrons. The molecule has 3 atom stereocenters. The van der Waals surface area contributed by atoms with Gasteiger partial charge in [0.05, 0.1) is 18.8 Å². The summed E-state index contributed by atoms with van der Waals surface area (Å²) in [4.78, 5) is 4.41. The molecule has 2 rings (SSSR count). The van der Waals surface area contributed by atoms with Gasteiger partial charge in [-0.3, -0.25) is 4.99 Å². The van der Waals surface area contributed by atoms with Crippen molar-refractivity contribution in [2.45, 2.75) is 44.1 Å². The van der Waals surface area contributed by atoms with Crippen molar-refractivity contribution in [1.29, 1.82) is 0 Å². The van der Waals surface area contributed by atoms with E-state index in [0.717, 1.165) is 18.3 Å². The fourth-order valence-electron chi connectivity index (χ4n) is 1.81. The summed E-state index contributed by atoms with van der Waals surface area (Å²) in [5.41, 5.74) is 0. The Morgan fingerprint density at radius 2 is 2.36 bits per heavy atom. The van der Waals surface area contributed by atoms with Gasteiger partial charge in [0.2, 0.25) is 0 Å². The van der Waals surface area contributed by atoms with Crippen molar-refractivity contribution < 1.29 is 4.74 Å². The van der Waals surface area contributed by atoms with Gasteiger partial charge in [0.1, 0.15) is 0 Å². The van der Waals surface area contributed by atoms with E-state index < -0.39 is 0 Å². The van der Waals surface area contributed by atoms with Gasteiger partial charge in [-0.1, -0.05) is 18.7 Å². The standard InChI is InChI=1S/C10H18N2OS/c1-7-3-4-9(13-7)6-12-10-11-5-8(2)14-10/h7-9H,3-6H2,1-2H3,(H,11,12). The minimum absolute atomic E-state index is 0.393. The number of rotatable bonds is 2. The third-order valence-corrected chi connectivity index (χ3v) is 3.65. The van der Waals surface area contributed by atoms with Crippen LogP contribution in [0.25, 0.3) is 0 Å². The summed E-state index contributed by atoms with van der Waals surface area (Å²) in [6, 6.07) is 0. The second-order valence-electron chi connectivity index (χ2n) is 4.10. The Kier molecular flexibility index (Phi) is 3.34. The lowest BCUT2D eigenvalue weighted by atomic mass is 10.2. The molecule has 1 fully saturated rings. The number of hydrogen-bond donors (Lipinski definition) is 1. The van der Waals surface area contributed by atoms with Crippen molar-refractivity contribution in [3.8, 4) is 0 Å². The lowest BCUT2D eigenvalue weighted by Crippen LogP contribution is -2.29. The van der Waals surface area contributed by atoms with E-state index in [2.05, 4.69) is 24.2 Å². The molecule has 0 radical (unpaired) electrons. The Bertz CT molecular complexity index is 232. The highest BCUT2D eigenvalue weighted by molar-refractivity contribution is 8.14. The van der Waals surface area contributed by atoms with Crippen LogP contribution < -0.4 is 5.32 Å². The van der Waals surface area contributed by atoms with Crippen molar-refractivity contribution >= 4 is 16.9 Å². The second kappa shape index (κ2) is 4.53. The Balaban J connectivity index is 1.68. The summed E-state index contributed by atoms with van der Waals surface area (Å²) in [5, 5.41) is 5.10. The monoisotopic (exact) mass is 214 g/mol. The summed E-state index contributed by atoms with van der Waals surface area (Å²) in [6.07, 6.45) is 3.22. The van der Waals surface area contributed by atoms with Gasteiger partial charge >= 0.3 is 0 Å². The number of nitrogens with one attached hydrogen (secondary N) is 1. The number of aliphatic imine (C=N–C) groups is 1. The molecule has 0 spiro atoms. The molecule has 0 saturated carbocycles. The van der Waals surface area contributed by atoms with E-state index in [-0.39, 0.29) is 0 Å². The van der Waals surface area contributed by atoms with E-state index >= 15 is 0 Å². The zero-order valence-electron chi connectivity index (χ0n) is 8.82. The maximum Gasteiger partial charge on any atom is 0.157 e. The first-order valence-corrected chi connectivity index (χ1v) is 6.22. The van der Waals surface area contributed by atoms with E-state index in [4.69, 9.17) is 4.74 Å². The van der Waals surface area contributed by atoms with E-state index in [0.29, 0.717) is 17.5 Å². The van der Waals surface area contributed by atoms with Gasteiger partial charge in [-0.25, -0.2) is 0 Å². The average molecular weight is 214 g/mol. The van der Waals surface area contributed by atoms with Crippen molar-refractivity contribution in [2.24, 2.45) is 4.99 Å². The molecule has 0 bridgehead atoms. The van der Waals surface area contributed by atoms with E-state index in [9.17, 15) is 0 Å². The van der Waals surface area contributed by atoms with Gasteiger partial charge in [0.15, 0.2) is 5.17 Å². The maximum absolute atomic E-state index is 5.72. The van der Waals surface area contributed by atoms with Crippen molar-refractivity contribution in [3.05, 3.63) is 0 Å². The van der Waals surface area contributed by atoms with Gasteiger partial charge in [-0.05, 0) is 19.8 Å². The highest BCUT2D eigenvalue weighted by Gasteiger charge is 2.22. The van der Waals surface area contributed by atoms with Crippen LogP contribution in [-0.4, -0.2) is 35.7 Å². The van der Waals surface area contributed by atoms with Crippen molar-refractivity contribution in [1.82, 2.24) is 5.32 Å². The maximum atomic E-state index is 5.72. The SMILES string of the molecule is CC1CCC(CNC2=NCC(C)S2)O1. The minimum Gasteiger partial charge on any atom is -0.373 e. The third kappa shape index (κ3) is 2.64. The largest absolute Gasteiger partial charge is 0.373 e. The zero-order chi connectivity index (χ0) is 9.97. The molecule has 4 heteroatoms. The predicted molar refractivity (Wildman–Crippen MR) is 60.9 cm³/mol. The average Bonchev–Trinajstić information content (AvgIpc) is 2.72. The zero-order valence-corrected chi connectivity index (χ0v) is 9.64. The molecule has 0 aromatic rings. The number of hydrogen-bond acceptors (Lipinski definition) is 4. The van der Waals surface area contributed by atoms with Gasteiger partial charge in [-0.15, -0.1) is 0 Å². The molecule has 3 nitrogen and oxygen atoms in total. The van der Waals surface area contributed by atoms with Crippen LogP contribution in [-0.2, 0) is 4.74 Å². The highest BCUT2D eigenvalue weighted by atomic mass is 32.2. The summed E-state index contributed by atoms with van der Waals surface area (Å²) in [7, 11) is 0. The number of amidine groups is 1. The smallest absolute Gasteiger partial charge is 0.157 e. The summed E-state index contributed by atoms with van der Waals surface area (Å²) < 4.78 is 5.72. The predicted octanol–water partition coefficient (Wildman–Crippen LogP) is 1.63. The lowest BCUT2D eigenvalue weighted by Gasteiger charge is -2.12. The molecular formula is C10H18N2OS. The first-order valence-electron chi connectivity index (χ1n) is 5.34. The van der Waals surface area contributed by atoms with E-state index in [1.165, 1.54) is 12.8 Å². The topological polar surface area (TPSA) is 33.6 Å². The molecule has 2 heterocycles. The first-order chi connectivity index (χ1) is 6.74. The van der Waals surface area contributed by atoms with Crippen molar-refractivity contribution in [2.75, 3.05) is 13.1 Å². The molecule has 0 amide bonds. The number of thioether (sulfide) groups is 1. The van der Waals surface area contributed by atoms with Crippen LogP contribution >= 0.6 is 11.8 Å². The molecule has 0 aliphatic carbocycles. The van der Waals surface area contributed by atoms with Crippen LogP contribution in [0.2, 0.25) is 0 Å². The van der Waals surface area contributed by atoms with Crippen LogP contribution in [0.15, 0.2) is 4.99 Å². The quantitative estimate of drug-likeness (QED) is 0.758. The second-order valence-corrected chi connectivity index (χ2v) is 5.53. The molecule has 2 aliphatic heterocycles. The Labute approximate surface area is 89.7 Å². The van der Waals surface area contributed by atoms with Crippen LogP contribution in [0.5, 0.6) is 0 Å². The Morgan fingerprint density at radius 3 is 2.93 bits per heavy atom. The summed E-state index contributed by atoms with van der Waals surface area (Å²) in [5.74, 6) is 0. The van der Waals surface area contributed by atoms with Crippen LogP contribution in [0, 0.1) is 0 Å². The first kappa shape index (κ1) is 10.3. The van der Waals surface area contributed by atoms with Crippen LogP contribution in [0.1, 0.15) is 26.7 Å². The Morgan fingerprint density at radius 1 is 1.50 bits per heavy atom. The van der Waals surface area contributed by atoms with Gasteiger partial charge < -0.3 is 10.1 Å². The summed E-state index contributed by atoms with van der Waals surface area (Å²) >= 11 is 1.83. The molecular weight excluding hydrogens is 196 g/mol. The van der Waals surface area contributed by atoms with Crippen LogP contribution in [0.3, 0.4) is 0 Å². The molecule has 0 aromatic heterocycles.